The van der Waals surface area contributed by atoms with E-state index in [1.807, 2.05) is 31.2 Å². The molecule has 0 aromatic heterocycles. The van der Waals surface area contributed by atoms with Crippen molar-refractivity contribution in [1.29, 1.82) is 0 Å². The van der Waals surface area contributed by atoms with Crippen molar-refractivity contribution in [2.45, 2.75) is 18.7 Å². The van der Waals surface area contributed by atoms with Gasteiger partial charge in [0.15, 0.2) is 6.61 Å². The van der Waals surface area contributed by atoms with Crippen LogP contribution in [0.15, 0.2) is 114 Å². The highest BCUT2D eigenvalue weighted by Gasteiger charge is 2.08. The Bertz CT molecular complexity index is 1300. The highest BCUT2D eigenvalue weighted by atomic mass is 32.2. The van der Waals surface area contributed by atoms with E-state index in [9.17, 15) is 4.79 Å². The smallest absolute Gasteiger partial charge is 0.344 e. The van der Waals surface area contributed by atoms with Crippen LogP contribution in [0.4, 0.5) is 0 Å². The van der Waals surface area contributed by atoms with Crippen molar-refractivity contribution >= 4 is 23.3 Å². The van der Waals surface area contributed by atoms with Crippen LogP contribution in [0.2, 0.25) is 0 Å². The summed E-state index contributed by atoms with van der Waals surface area (Å²) in [5.41, 5.74) is 7.03. The molecule has 36 heavy (non-hydrogen) atoms. The second-order valence-electron chi connectivity index (χ2n) is 8.26. The zero-order chi connectivity index (χ0) is 25.2. The summed E-state index contributed by atoms with van der Waals surface area (Å²) in [5, 5.41) is 0. The first kappa shape index (κ1) is 25.3. The van der Waals surface area contributed by atoms with Crippen LogP contribution in [0, 0.1) is 6.92 Å². The number of benzene rings is 4. The molecule has 3 nitrogen and oxygen atoms in total. The maximum Gasteiger partial charge on any atom is 0.344 e. The molecule has 0 radical (unpaired) electrons. The molecule has 0 aliphatic rings. The highest BCUT2D eigenvalue weighted by Crippen LogP contribution is 2.30. The van der Waals surface area contributed by atoms with Crippen LogP contribution in [0.5, 0.6) is 5.75 Å². The van der Waals surface area contributed by atoms with Crippen molar-refractivity contribution < 1.29 is 14.3 Å². The van der Waals surface area contributed by atoms with E-state index in [2.05, 4.69) is 84.9 Å². The Labute approximate surface area is 217 Å². The quantitative estimate of drug-likeness (QED) is 0.166. The normalized spacial score (nSPS) is 11.2. The van der Waals surface area contributed by atoms with Gasteiger partial charge in [-0.25, -0.2) is 4.79 Å². The van der Waals surface area contributed by atoms with Crippen LogP contribution >= 0.6 is 11.8 Å². The van der Waals surface area contributed by atoms with Gasteiger partial charge in [0.2, 0.25) is 0 Å². The molecule has 0 bridgehead atoms. The summed E-state index contributed by atoms with van der Waals surface area (Å²) >= 11 is 1.77. The van der Waals surface area contributed by atoms with Crippen molar-refractivity contribution in [1.82, 2.24) is 0 Å². The third-order valence-corrected chi connectivity index (χ3v) is 6.64. The Morgan fingerprint density at radius 1 is 0.806 bits per heavy atom. The molecule has 4 aromatic carbocycles. The third-order valence-electron chi connectivity index (χ3n) is 5.72. The monoisotopic (exact) mass is 494 g/mol. The lowest BCUT2D eigenvalue weighted by Crippen LogP contribution is -2.14. The van der Waals surface area contributed by atoms with Gasteiger partial charge in [0.25, 0.3) is 0 Å². The zero-order valence-electron chi connectivity index (χ0n) is 20.6. The molecule has 0 fully saturated rings. The Balaban J connectivity index is 1.48. The van der Waals surface area contributed by atoms with Crippen molar-refractivity contribution in [3.05, 3.63) is 126 Å². The maximum absolute atomic E-state index is 11.6. The second kappa shape index (κ2) is 12.8. The largest absolute Gasteiger partial charge is 0.482 e. The topological polar surface area (TPSA) is 35.5 Å². The van der Waals surface area contributed by atoms with E-state index >= 15 is 0 Å². The first-order valence-electron chi connectivity index (χ1n) is 12.1. The fourth-order valence-electron chi connectivity index (χ4n) is 3.93. The molecule has 0 aliphatic heterocycles. The minimum Gasteiger partial charge on any atom is -0.482 e. The lowest BCUT2D eigenvalue weighted by molar-refractivity contribution is -0.145. The molecule has 4 heteroatoms. The number of carbonyl (C=O) groups excluding carboxylic acids is 1. The summed E-state index contributed by atoms with van der Waals surface area (Å²) in [5.74, 6) is 1.17. The third kappa shape index (κ3) is 6.89. The van der Waals surface area contributed by atoms with E-state index in [0.29, 0.717) is 12.4 Å². The molecule has 0 N–H and O–H groups in total. The fraction of sp³-hybridized carbons (Fsp3) is 0.156. The average Bonchev–Trinajstić information content (AvgIpc) is 2.92. The molecule has 0 atom stereocenters. The minimum atomic E-state index is -0.356. The molecule has 0 aliphatic carbocycles. The lowest BCUT2D eigenvalue weighted by Gasteiger charge is -2.11. The van der Waals surface area contributed by atoms with Crippen LogP contribution in [-0.2, 0) is 9.53 Å². The van der Waals surface area contributed by atoms with Crippen LogP contribution < -0.4 is 4.74 Å². The predicted molar refractivity (Wildman–Crippen MR) is 149 cm³/mol. The van der Waals surface area contributed by atoms with E-state index in [4.69, 9.17) is 9.47 Å². The summed E-state index contributed by atoms with van der Waals surface area (Å²) in [6, 6.07) is 35.8. The molecule has 4 rings (SSSR count). The molecule has 0 amide bonds. The number of aryl methyl sites for hydroxylation is 1. The molecule has 0 heterocycles. The van der Waals surface area contributed by atoms with Crippen LogP contribution in [0.25, 0.3) is 16.7 Å². The van der Waals surface area contributed by atoms with E-state index < -0.39 is 0 Å². The van der Waals surface area contributed by atoms with Crippen molar-refractivity contribution in [2.24, 2.45) is 0 Å². The molecule has 182 valence electrons. The molecule has 0 spiro atoms. The number of hydrogen-bond acceptors (Lipinski definition) is 4. The molecular formula is C32H30O3S. The van der Waals surface area contributed by atoms with Crippen LogP contribution in [0.1, 0.15) is 23.6 Å². The zero-order valence-corrected chi connectivity index (χ0v) is 21.5. The predicted octanol–water partition coefficient (Wildman–Crippen LogP) is 7.83. The van der Waals surface area contributed by atoms with Gasteiger partial charge in [-0.05, 0) is 65.4 Å². The Morgan fingerprint density at radius 2 is 1.44 bits per heavy atom. The van der Waals surface area contributed by atoms with Gasteiger partial charge in [-0.2, -0.15) is 0 Å². The van der Waals surface area contributed by atoms with Gasteiger partial charge >= 0.3 is 5.97 Å². The minimum absolute atomic E-state index is 0.0760. The Morgan fingerprint density at radius 3 is 2.11 bits per heavy atom. The number of hydrogen-bond donors (Lipinski definition) is 0. The fourth-order valence-corrected chi connectivity index (χ4v) is 4.79. The van der Waals surface area contributed by atoms with E-state index in [0.717, 1.165) is 16.2 Å². The van der Waals surface area contributed by atoms with Crippen molar-refractivity contribution in [3.63, 3.8) is 0 Å². The van der Waals surface area contributed by atoms with Gasteiger partial charge < -0.3 is 9.47 Å². The van der Waals surface area contributed by atoms with Crippen LogP contribution in [0.3, 0.4) is 0 Å². The number of carbonyl (C=O) groups is 1. The van der Waals surface area contributed by atoms with Gasteiger partial charge in [-0.1, -0.05) is 91.0 Å². The first-order valence-corrected chi connectivity index (χ1v) is 13.1. The Kier molecular flexibility index (Phi) is 9.01. The van der Waals surface area contributed by atoms with Gasteiger partial charge in [0.05, 0.1) is 6.61 Å². The Hall–Kier alpha value is -3.76. The van der Waals surface area contributed by atoms with Gasteiger partial charge in [-0.3, -0.25) is 0 Å². The molecule has 0 saturated carbocycles. The van der Waals surface area contributed by atoms with E-state index in [1.54, 1.807) is 18.7 Å². The van der Waals surface area contributed by atoms with Crippen LogP contribution in [-0.4, -0.2) is 24.9 Å². The summed E-state index contributed by atoms with van der Waals surface area (Å²) in [4.78, 5) is 12.7. The van der Waals surface area contributed by atoms with Crippen molar-refractivity contribution in [2.75, 3.05) is 19.0 Å². The molecule has 0 unspecified atom stereocenters. The number of ether oxygens (including phenoxy) is 2. The summed E-state index contributed by atoms with van der Waals surface area (Å²) < 4.78 is 10.5. The van der Waals surface area contributed by atoms with Gasteiger partial charge in [0.1, 0.15) is 5.75 Å². The highest BCUT2D eigenvalue weighted by molar-refractivity contribution is 7.99. The number of rotatable bonds is 10. The summed E-state index contributed by atoms with van der Waals surface area (Å²) in [6.07, 6.45) is 2.29. The second-order valence-corrected chi connectivity index (χ2v) is 9.35. The van der Waals surface area contributed by atoms with E-state index in [-0.39, 0.29) is 12.6 Å². The van der Waals surface area contributed by atoms with Gasteiger partial charge in [0, 0.05) is 10.6 Å². The molecule has 4 aromatic rings. The van der Waals surface area contributed by atoms with Gasteiger partial charge in [-0.15, -0.1) is 11.8 Å². The summed E-state index contributed by atoms with van der Waals surface area (Å²) in [7, 11) is 0. The average molecular weight is 495 g/mol. The summed E-state index contributed by atoms with van der Waals surface area (Å²) in [6.45, 7) is 4.05. The van der Waals surface area contributed by atoms with Crippen molar-refractivity contribution in [3.8, 4) is 16.9 Å². The standard InChI is InChI=1S/C32H30O3S/c1-3-34-32(33)23-35-31-19-18-29(22-24(31)2)36-21-20-30(27-12-8-5-9-13-27)28-16-14-26(15-17-28)25-10-6-4-7-11-25/h4-20,22H,3,21,23H2,1-2H3/b30-20+. The lowest BCUT2D eigenvalue weighted by atomic mass is 9.95. The first-order chi connectivity index (χ1) is 17.6. The molecular weight excluding hydrogens is 464 g/mol. The molecule has 0 saturated heterocycles. The number of thioether (sulfide) groups is 1. The van der Waals surface area contributed by atoms with E-state index in [1.165, 1.54) is 27.8 Å². The SMILES string of the molecule is CCOC(=O)COc1ccc(SC/C=C(\c2ccccc2)c2ccc(-c3ccccc3)cc2)cc1C. The number of esters is 1. The maximum atomic E-state index is 11.6.